The summed E-state index contributed by atoms with van der Waals surface area (Å²) in [5.41, 5.74) is 2.62. The normalized spacial score (nSPS) is 22.2. The molecule has 3 rings (SSSR count). The van der Waals surface area contributed by atoms with Crippen LogP contribution in [0.15, 0.2) is 51.4 Å². The van der Waals surface area contributed by atoms with Crippen LogP contribution in [0, 0.1) is 0 Å². The molecule has 4 heteroatoms. The van der Waals surface area contributed by atoms with Crippen LogP contribution in [0.4, 0.5) is 0 Å². The largest absolute Gasteiger partial charge is 0.316 e. The van der Waals surface area contributed by atoms with Crippen molar-refractivity contribution < 1.29 is 0 Å². The average molecular weight is 430 g/mol. The van der Waals surface area contributed by atoms with E-state index in [0.29, 0.717) is 11.8 Å². The van der Waals surface area contributed by atoms with Crippen LogP contribution in [0.1, 0.15) is 29.4 Å². The van der Waals surface area contributed by atoms with Crippen LogP contribution in [0.3, 0.4) is 0 Å². The van der Waals surface area contributed by atoms with Gasteiger partial charge >= 0.3 is 0 Å². The van der Waals surface area contributed by atoms with Gasteiger partial charge in [-0.3, -0.25) is 0 Å². The molecule has 1 aliphatic rings. The van der Waals surface area contributed by atoms with Crippen molar-refractivity contribution in [2.45, 2.75) is 18.3 Å². The van der Waals surface area contributed by atoms with Crippen LogP contribution in [0.25, 0.3) is 0 Å². The first-order valence-corrected chi connectivity index (χ1v) is 9.02. The van der Waals surface area contributed by atoms with Crippen molar-refractivity contribution in [1.29, 1.82) is 0 Å². The maximum Gasteiger partial charge on any atom is 0.0452 e. The third kappa shape index (κ3) is 3.53. The Labute approximate surface area is 147 Å². The van der Waals surface area contributed by atoms with Crippen molar-refractivity contribution in [1.82, 2.24) is 5.32 Å². The van der Waals surface area contributed by atoms with E-state index in [1.54, 1.807) is 0 Å². The summed E-state index contributed by atoms with van der Waals surface area (Å²) in [7, 11) is 0. The molecule has 2 unspecified atom stereocenters. The second-order valence-electron chi connectivity index (χ2n) is 5.43. The summed E-state index contributed by atoms with van der Waals surface area (Å²) in [5.74, 6) is 0.913. The summed E-state index contributed by atoms with van der Waals surface area (Å²) >= 11 is 13.6. The number of benzene rings is 2. The van der Waals surface area contributed by atoms with Crippen molar-refractivity contribution in [2.24, 2.45) is 0 Å². The van der Waals surface area contributed by atoms with Gasteiger partial charge in [-0.15, -0.1) is 0 Å². The van der Waals surface area contributed by atoms with Gasteiger partial charge in [0.05, 0.1) is 0 Å². The van der Waals surface area contributed by atoms with E-state index in [0.717, 1.165) is 33.5 Å². The third-order valence-electron chi connectivity index (χ3n) is 4.12. The molecule has 2 aromatic rings. The maximum atomic E-state index is 6.49. The number of hydrogen-bond acceptors (Lipinski definition) is 1. The summed E-state index contributed by atoms with van der Waals surface area (Å²) in [4.78, 5) is 0. The van der Waals surface area contributed by atoms with Gasteiger partial charge in [0, 0.05) is 26.4 Å². The monoisotopic (exact) mass is 427 g/mol. The molecule has 0 bridgehead atoms. The number of nitrogens with one attached hydrogen (secondary N) is 1. The van der Waals surface area contributed by atoms with E-state index in [1.165, 1.54) is 11.1 Å². The Kier molecular flexibility index (Phi) is 5.05. The van der Waals surface area contributed by atoms with E-state index in [2.05, 4.69) is 73.6 Å². The van der Waals surface area contributed by atoms with Crippen molar-refractivity contribution in [3.05, 3.63) is 67.6 Å². The fraction of sp³-hybridized carbons (Fsp3) is 0.294. The summed E-state index contributed by atoms with van der Waals surface area (Å²) in [6.07, 6.45) is 1.11. The highest BCUT2D eigenvalue weighted by atomic mass is 79.9. The third-order valence-corrected chi connectivity index (χ3v) is 5.43. The van der Waals surface area contributed by atoms with Crippen LogP contribution in [0.5, 0.6) is 0 Å². The highest BCUT2D eigenvalue weighted by Crippen LogP contribution is 2.41. The Morgan fingerprint density at radius 2 is 1.81 bits per heavy atom. The molecule has 1 nitrogen and oxygen atoms in total. The Balaban J connectivity index is 1.98. The highest BCUT2D eigenvalue weighted by molar-refractivity contribution is 9.10. The van der Waals surface area contributed by atoms with Gasteiger partial charge in [0.1, 0.15) is 0 Å². The second kappa shape index (κ2) is 6.82. The molecule has 0 aliphatic carbocycles. The number of hydrogen-bond donors (Lipinski definition) is 1. The molecule has 1 heterocycles. The lowest BCUT2D eigenvalue weighted by Gasteiger charge is -2.33. The molecule has 0 spiro atoms. The predicted molar refractivity (Wildman–Crippen MR) is 96.3 cm³/mol. The van der Waals surface area contributed by atoms with Crippen molar-refractivity contribution >= 4 is 43.5 Å². The van der Waals surface area contributed by atoms with Gasteiger partial charge in [0.15, 0.2) is 0 Å². The minimum Gasteiger partial charge on any atom is -0.316 e. The minimum atomic E-state index is 0.454. The van der Waals surface area contributed by atoms with Crippen molar-refractivity contribution in [2.75, 3.05) is 13.1 Å². The molecule has 1 fully saturated rings. The van der Waals surface area contributed by atoms with Crippen molar-refractivity contribution in [3.63, 3.8) is 0 Å². The Morgan fingerprint density at radius 1 is 1.00 bits per heavy atom. The molecule has 1 saturated heterocycles. The molecule has 2 atom stereocenters. The van der Waals surface area contributed by atoms with Crippen LogP contribution in [-0.4, -0.2) is 13.1 Å². The summed E-state index contributed by atoms with van der Waals surface area (Å²) in [5, 5.41) is 4.37. The van der Waals surface area contributed by atoms with Crippen LogP contribution < -0.4 is 5.32 Å². The first-order valence-electron chi connectivity index (χ1n) is 7.06. The molecule has 1 N–H and O–H groups in total. The second-order valence-corrected chi connectivity index (χ2v) is 7.67. The van der Waals surface area contributed by atoms with Gasteiger partial charge < -0.3 is 5.32 Å². The van der Waals surface area contributed by atoms with E-state index in [1.807, 2.05) is 6.07 Å². The number of halogens is 3. The molecule has 21 heavy (non-hydrogen) atoms. The fourth-order valence-corrected chi connectivity index (χ4v) is 4.35. The molecule has 0 amide bonds. The van der Waals surface area contributed by atoms with Gasteiger partial charge in [0.25, 0.3) is 0 Å². The minimum absolute atomic E-state index is 0.454. The zero-order valence-corrected chi connectivity index (χ0v) is 15.4. The van der Waals surface area contributed by atoms with E-state index in [4.69, 9.17) is 11.6 Å². The Hall–Kier alpha value is -0.350. The zero-order valence-electron chi connectivity index (χ0n) is 11.5. The molecule has 1 aliphatic heterocycles. The maximum absolute atomic E-state index is 6.49. The van der Waals surface area contributed by atoms with E-state index < -0.39 is 0 Å². The Morgan fingerprint density at radius 3 is 2.57 bits per heavy atom. The zero-order chi connectivity index (χ0) is 14.8. The van der Waals surface area contributed by atoms with E-state index in [9.17, 15) is 0 Å². The standard InChI is InChI=1S/C17H16Br2ClN/c18-12-3-1-2-11(8-12)16-10-21-7-6-14(16)15-5-4-13(19)9-17(15)20/h1-5,8-9,14,16,21H,6-7,10H2. The SMILES string of the molecule is Clc1cc(Br)ccc1C1CCNCC1c1cccc(Br)c1. The van der Waals surface area contributed by atoms with Crippen LogP contribution in [-0.2, 0) is 0 Å². The van der Waals surface area contributed by atoms with Gasteiger partial charge in [-0.05, 0) is 54.3 Å². The van der Waals surface area contributed by atoms with Crippen LogP contribution in [0.2, 0.25) is 5.02 Å². The first-order chi connectivity index (χ1) is 10.1. The first kappa shape index (κ1) is 15.5. The molecule has 0 radical (unpaired) electrons. The molecular formula is C17H16Br2ClN. The lowest BCUT2D eigenvalue weighted by Crippen LogP contribution is -2.34. The molecule has 0 aromatic heterocycles. The highest BCUT2D eigenvalue weighted by Gasteiger charge is 2.29. The van der Waals surface area contributed by atoms with Gasteiger partial charge in [-0.25, -0.2) is 0 Å². The Bertz CT molecular complexity index is 644. The lowest BCUT2D eigenvalue weighted by atomic mass is 9.77. The molecule has 2 aromatic carbocycles. The molecule has 110 valence electrons. The summed E-state index contributed by atoms with van der Waals surface area (Å²) in [6.45, 7) is 2.04. The molecule has 0 saturated carbocycles. The smallest absolute Gasteiger partial charge is 0.0452 e. The summed E-state index contributed by atoms with van der Waals surface area (Å²) < 4.78 is 2.16. The quantitative estimate of drug-likeness (QED) is 0.643. The molecular weight excluding hydrogens is 413 g/mol. The fourth-order valence-electron chi connectivity index (χ4n) is 3.12. The van der Waals surface area contributed by atoms with Gasteiger partial charge in [-0.1, -0.05) is 61.7 Å². The summed E-state index contributed by atoms with van der Waals surface area (Å²) in [6, 6.07) is 14.8. The van der Waals surface area contributed by atoms with E-state index >= 15 is 0 Å². The van der Waals surface area contributed by atoms with E-state index in [-0.39, 0.29) is 0 Å². The number of piperidine rings is 1. The topological polar surface area (TPSA) is 12.0 Å². The number of rotatable bonds is 2. The van der Waals surface area contributed by atoms with Gasteiger partial charge in [0.2, 0.25) is 0 Å². The van der Waals surface area contributed by atoms with Crippen LogP contribution >= 0.6 is 43.5 Å². The van der Waals surface area contributed by atoms with Crippen molar-refractivity contribution in [3.8, 4) is 0 Å². The van der Waals surface area contributed by atoms with Gasteiger partial charge in [-0.2, -0.15) is 0 Å². The predicted octanol–water partition coefficient (Wildman–Crippen LogP) is 5.73. The average Bonchev–Trinajstić information content (AvgIpc) is 2.47. The lowest BCUT2D eigenvalue weighted by molar-refractivity contribution is 0.404.